The van der Waals surface area contributed by atoms with Crippen molar-refractivity contribution in [1.82, 2.24) is 19.7 Å². The number of aryl methyl sites for hydroxylation is 1. The lowest BCUT2D eigenvalue weighted by Gasteiger charge is -2.26. The second kappa shape index (κ2) is 11.0. The van der Waals surface area contributed by atoms with Crippen LogP contribution in [0.2, 0.25) is 0 Å². The maximum absolute atomic E-state index is 12.4. The lowest BCUT2D eigenvalue weighted by atomic mass is 9.95. The van der Waals surface area contributed by atoms with Gasteiger partial charge in [-0.3, -0.25) is 4.90 Å². The SMILES string of the molecule is Cc1cc2oc(=O)cc(CSc3nnc(CN4CCCCC4)n3Cc3ccccc3)c2cc1C(C)C. The Morgan fingerprint density at radius 2 is 1.78 bits per heavy atom. The average Bonchev–Trinajstić information content (AvgIpc) is 3.23. The highest BCUT2D eigenvalue weighted by atomic mass is 32.2. The number of rotatable bonds is 8. The zero-order valence-corrected chi connectivity index (χ0v) is 22.2. The van der Waals surface area contributed by atoms with Crippen molar-refractivity contribution in [3.8, 4) is 0 Å². The lowest BCUT2D eigenvalue weighted by Crippen LogP contribution is -2.30. The average molecular weight is 503 g/mol. The summed E-state index contributed by atoms with van der Waals surface area (Å²) in [6.07, 6.45) is 3.80. The van der Waals surface area contributed by atoms with Gasteiger partial charge in [-0.2, -0.15) is 0 Å². The third kappa shape index (κ3) is 5.57. The van der Waals surface area contributed by atoms with E-state index >= 15 is 0 Å². The third-order valence-corrected chi connectivity index (χ3v) is 8.00. The topological polar surface area (TPSA) is 64.2 Å². The van der Waals surface area contributed by atoms with Crippen LogP contribution in [-0.4, -0.2) is 32.8 Å². The van der Waals surface area contributed by atoms with Crippen LogP contribution in [0, 0.1) is 6.92 Å². The normalized spacial score (nSPS) is 14.7. The number of hydrogen-bond acceptors (Lipinski definition) is 6. The second-order valence-electron chi connectivity index (χ2n) is 10.0. The van der Waals surface area contributed by atoms with Gasteiger partial charge in [-0.25, -0.2) is 4.79 Å². The minimum absolute atomic E-state index is 0.314. The van der Waals surface area contributed by atoms with Gasteiger partial charge in [0.1, 0.15) is 11.4 Å². The number of aromatic nitrogens is 3. The summed E-state index contributed by atoms with van der Waals surface area (Å²) in [6, 6.07) is 16.3. The van der Waals surface area contributed by atoms with Crippen molar-refractivity contribution in [2.24, 2.45) is 0 Å². The molecule has 0 radical (unpaired) electrons. The van der Waals surface area contributed by atoms with E-state index in [2.05, 4.69) is 70.8 Å². The van der Waals surface area contributed by atoms with Gasteiger partial charge in [-0.15, -0.1) is 10.2 Å². The standard InChI is InChI=1S/C29H34N4O2S/c1-20(2)24-16-25-23(15-28(34)35-26(25)14-21(24)3)19-36-29-31-30-27(18-32-12-8-5-9-13-32)33(29)17-22-10-6-4-7-11-22/h4,6-7,10-11,14-16,20H,5,8-9,12-13,17-19H2,1-3H3. The summed E-state index contributed by atoms with van der Waals surface area (Å²) in [7, 11) is 0. The summed E-state index contributed by atoms with van der Waals surface area (Å²) < 4.78 is 7.80. The highest BCUT2D eigenvalue weighted by Crippen LogP contribution is 2.30. The highest BCUT2D eigenvalue weighted by molar-refractivity contribution is 7.98. The van der Waals surface area contributed by atoms with Gasteiger partial charge in [-0.05, 0) is 73.2 Å². The van der Waals surface area contributed by atoms with Crippen molar-refractivity contribution in [1.29, 1.82) is 0 Å². The summed E-state index contributed by atoms with van der Waals surface area (Å²) in [6.45, 7) is 10.2. The Morgan fingerprint density at radius 1 is 1.00 bits per heavy atom. The number of hydrogen-bond donors (Lipinski definition) is 0. The summed E-state index contributed by atoms with van der Waals surface area (Å²) in [5.41, 5.74) is 4.96. The second-order valence-corrected chi connectivity index (χ2v) is 11.0. The maximum Gasteiger partial charge on any atom is 0.336 e. The summed E-state index contributed by atoms with van der Waals surface area (Å²) in [5, 5.41) is 11.1. The first-order valence-corrected chi connectivity index (χ1v) is 13.8. The van der Waals surface area contributed by atoms with Crippen molar-refractivity contribution < 1.29 is 4.42 Å². The molecule has 0 amide bonds. The largest absolute Gasteiger partial charge is 0.423 e. The van der Waals surface area contributed by atoms with Crippen LogP contribution in [-0.2, 0) is 18.8 Å². The van der Waals surface area contributed by atoms with E-state index in [9.17, 15) is 4.79 Å². The molecule has 1 saturated heterocycles. The molecule has 0 spiro atoms. The number of nitrogens with zero attached hydrogens (tertiary/aromatic N) is 4. The highest BCUT2D eigenvalue weighted by Gasteiger charge is 2.19. The first-order chi connectivity index (χ1) is 17.5. The number of thioether (sulfide) groups is 1. The van der Waals surface area contributed by atoms with Gasteiger partial charge >= 0.3 is 5.63 Å². The van der Waals surface area contributed by atoms with Crippen molar-refractivity contribution >= 4 is 22.7 Å². The van der Waals surface area contributed by atoms with E-state index in [-0.39, 0.29) is 5.63 Å². The van der Waals surface area contributed by atoms with Crippen molar-refractivity contribution in [3.63, 3.8) is 0 Å². The summed E-state index contributed by atoms with van der Waals surface area (Å²) in [4.78, 5) is 14.8. The fourth-order valence-electron chi connectivity index (χ4n) is 5.06. The van der Waals surface area contributed by atoms with E-state index in [1.54, 1.807) is 17.8 Å². The molecule has 1 fully saturated rings. The molecular weight excluding hydrogens is 468 g/mol. The molecule has 2 aromatic heterocycles. The van der Waals surface area contributed by atoms with Crippen LogP contribution in [0.15, 0.2) is 62.9 Å². The molecule has 1 aliphatic rings. The Balaban J connectivity index is 1.45. The van der Waals surface area contributed by atoms with E-state index in [1.807, 2.05) is 12.1 Å². The fourth-order valence-corrected chi connectivity index (χ4v) is 6.01. The molecule has 0 unspecified atom stereocenters. The Morgan fingerprint density at radius 3 is 2.53 bits per heavy atom. The summed E-state index contributed by atoms with van der Waals surface area (Å²) >= 11 is 1.63. The first kappa shape index (κ1) is 24.8. The van der Waals surface area contributed by atoms with Gasteiger partial charge < -0.3 is 8.98 Å². The Labute approximate surface area is 216 Å². The van der Waals surface area contributed by atoms with E-state index in [1.165, 1.54) is 30.4 Å². The molecule has 0 saturated carbocycles. The van der Waals surface area contributed by atoms with Crippen LogP contribution in [0.5, 0.6) is 0 Å². The molecule has 4 aromatic rings. The molecule has 5 rings (SSSR count). The number of fused-ring (bicyclic) bond motifs is 1. The van der Waals surface area contributed by atoms with Gasteiger partial charge in [0.15, 0.2) is 5.16 Å². The molecule has 7 heteroatoms. The number of piperidine rings is 1. The fraction of sp³-hybridized carbons (Fsp3) is 0.414. The maximum atomic E-state index is 12.4. The van der Waals surface area contributed by atoms with Crippen LogP contribution in [0.3, 0.4) is 0 Å². The van der Waals surface area contributed by atoms with Crippen LogP contribution in [0.25, 0.3) is 11.0 Å². The van der Waals surface area contributed by atoms with E-state index < -0.39 is 0 Å². The molecule has 1 aliphatic heterocycles. The van der Waals surface area contributed by atoms with Gasteiger partial charge in [0, 0.05) is 17.2 Å². The van der Waals surface area contributed by atoms with Crippen molar-refractivity contribution in [2.45, 2.75) is 70.0 Å². The molecule has 0 bridgehead atoms. The van der Waals surface area contributed by atoms with Crippen LogP contribution < -0.4 is 5.63 Å². The minimum atomic E-state index is -0.314. The predicted molar refractivity (Wildman–Crippen MR) is 146 cm³/mol. The van der Waals surface area contributed by atoms with Crippen molar-refractivity contribution in [2.75, 3.05) is 13.1 Å². The Hall–Kier alpha value is -2.90. The molecule has 3 heterocycles. The van der Waals surface area contributed by atoms with Crippen LogP contribution >= 0.6 is 11.8 Å². The van der Waals surface area contributed by atoms with E-state index in [0.29, 0.717) is 17.3 Å². The number of benzene rings is 2. The van der Waals surface area contributed by atoms with Gasteiger partial charge in [-0.1, -0.05) is 62.4 Å². The van der Waals surface area contributed by atoms with Crippen LogP contribution in [0.4, 0.5) is 0 Å². The Kier molecular flexibility index (Phi) is 7.58. The minimum Gasteiger partial charge on any atom is -0.423 e. The quantitative estimate of drug-likeness (QED) is 0.213. The lowest BCUT2D eigenvalue weighted by molar-refractivity contribution is 0.213. The van der Waals surface area contributed by atoms with Gasteiger partial charge in [0.2, 0.25) is 0 Å². The molecule has 0 atom stereocenters. The molecule has 6 nitrogen and oxygen atoms in total. The van der Waals surface area contributed by atoms with E-state index in [0.717, 1.165) is 53.7 Å². The first-order valence-electron chi connectivity index (χ1n) is 12.9. The molecule has 2 aromatic carbocycles. The smallest absolute Gasteiger partial charge is 0.336 e. The van der Waals surface area contributed by atoms with E-state index in [4.69, 9.17) is 4.42 Å². The molecule has 0 aliphatic carbocycles. The van der Waals surface area contributed by atoms with Crippen LogP contribution in [0.1, 0.15) is 67.1 Å². The summed E-state index contributed by atoms with van der Waals surface area (Å²) in [5.74, 6) is 2.02. The zero-order chi connectivity index (χ0) is 25.1. The molecule has 188 valence electrons. The predicted octanol–water partition coefficient (Wildman–Crippen LogP) is 6.14. The molecule has 36 heavy (non-hydrogen) atoms. The van der Waals surface area contributed by atoms with Crippen molar-refractivity contribution in [3.05, 3.63) is 87.0 Å². The molecule has 0 N–H and O–H groups in total. The number of likely N-dealkylation sites (tertiary alicyclic amines) is 1. The van der Waals surface area contributed by atoms with Gasteiger partial charge in [0.25, 0.3) is 0 Å². The molecular formula is C29H34N4O2S. The zero-order valence-electron chi connectivity index (χ0n) is 21.4. The Bertz CT molecular complexity index is 1390. The third-order valence-electron chi connectivity index (χ3n) is 6.99. The monoisotopic (exact) mass is 502 g/mol. The van der Waals surface area contributed by atoms with Gasteiger partial charge in [0.05, 0.1) is 13.1 Å².